The number of nitrogens with zero attached hydrogens (tertiary/aromatic N) is 1. The first kappa shape index (κ1) is 14.4. The van der Waals surface area contributed by atoms with Gasteiger partial charge in [0.1, 0.15) is 0 Å². The SMILES string of the molecule is N#Cc1cccc(/C=C/C(=O)N[C@@H](CO)C(=O)O)c1. The van der Waals surface area contributed by atoms with Gasteiger partial charge in [0.25, 0.3) is 0 Å². The Morgan fingerprint density at radius 2 is 2.21 bits per heavy atom. The summed E-state index contributed by atoms with van der Waals surface area (Å²) in [6.45, 7) is -0.682. The molecular formula is C13H12N2O4. The van der Waals surface area contributed by atoms with Crippen LogP contribution in [-0.2, 0) is 9.59 Å². The zero-order chi connectivity index (χ0) is 14.3. The first-order valence-corrected chi connectivity index (χ1v) is 5.39. The van der Waals surface area contributed by atoms with Gasteiger partial charge >= 0.3 is 5.97 Å². The predicted octanol–water partition coefficient (Wildman–Crippen LogP) is 0.133. The van der Waals surface area contributed by atoms with Gasteiger partial charge in [-0.25, -0.2) is 4.79 Å². The summed E-state index contributed by atoms with van der Waals surface area (Å²) < 4.78 is 0. The number of amides is 1. The van der Waals surface area contributed by atoms with E-state index in [9.17, 15) is 9.59 Å². The maximum Gasteiger partial charge on any atom is 0.328 e. The molecule has 0 saturated heterocycles. The van der Waals surface area contributed by atoms with Gasteiger partial charge in [-0.2, -0.15) is 5.26 Å². The zero-order valence-electron chi connectivity index (χ0n) is 9.91. The van der Waals surface area contributed by atoms with Gasteiger partial charge in [-0.1, -0.05) is 12.1 Å². The van der Waals surface area contributed by atoms with Crippen molar-refractivity contribution < 1.29 is 19.8 Å². The minimum atomic E-state index is -1.33. The molecule has 0 spiro atoms. The van der Waals surface area contributed by atoms with Crippen LogP contribution in [0.3, 0.4) is 0 Å². The third-order valence-corrected chi connectivity index (χ3v) is 2.24. The molecule has 0 aliphatic carbocycles. The fraction of sp³-hybridized carbons (Fsp3) is 0.154. The van der Waals surface area contributed by atoms with Gasteiger partial charge in [0.15, 0.2) is 6.04 Å². The molecule has 1 aromatic carbocycles. The molecule has 1 aromatic rings. The number of aliphatic carboxylic acids is 1. The van der Waals surface area contributed by atoms with Gasteiger partial charge in [-0.3, -0.25) is 4.79 Å². The Bertz CT molecular complexity index is 546. The molecule has 3 N–H and O–H groups in total. The molecule has 1 atom stereocenters. The summed E-state index contributed by atoms with van der Waals surface area (Å²) in [5.74, 6) is -1.94. The lowest BCUT2D eigenvalue weighted by atomic mass is 10.1. The molecule has 0 unspecified atom stereocenters. The summed E-state index contributed by atoms with van der Waals surface area (Å²) >= 11 is 0. The Morgan fingerprint density at radius 3 is 2.79 bits per heavy atom. The molecule has 1 amide bonds. The first-order chi connectivity index (χ1) is 9.06. The van der Waals surface area contributed by atoms with Crippen LogP contribution in [0.25, 0.3) is 6.08 Å². The van der Waals surface area contributed by atoms with Crippen LogP contribution in [0.5, 0.6) is 0 Å². The van der Waals surface area contributed by atoms with Gasteiger partial charge in [-0.15, -0.1) is 0 Å². The van der Waals surface area contributed by atoms with E-state index in [1.165, 1.54) is 6.08 Å². The number of aliphatic hydroxyl groups excluding tert-OH is 1. The predicted molar refractivity (Wildman–Crippen MR) is 66.8 cm³/mol. The maximum absolute atomic E-state index is 11.4. The molecule has 0 aliphatic rings. The van der Waals surface area contributed by atoms with Gasteiger partial charge in [0, 0.05) is 6.08 Å². The van der Waals surface area contributed by atoms with E-state index in [1.807, 2.05) is 6.07 Å². The van der Waals surface area contributed by atoms with Crippen molar-refractivity contribution >= 4 is 18.0 Å². The van der Waals surface area contributed by atoms with Crippen LogP contribution in [0.15, 0.2) is 30.3 Å². The highest BCUT2D eigenvalue weighted by Crippen LogP contribution is 2.05. The number of hydrogen-bond acceptors (Lipinski definition) is 4. The van der Waals surface area contributed by atoms with Crippen molar-refractivity contribution in [2.24, 2.45) is 0 Å². The Balaban J connectivity index is 2.68. The summed E-state index contributed by atoms with van der Waals surface area (Å²) in [7, 11) is 0. The Morgan fingerprint density at radius 1 is 1.47 bits per heavy atom. The second-order valence-electron chi connectivity index (χ2n) is 3.65. The van der Waals surface area contributed by atoms with Crippen LogP contribution >= 0.6 is 0 Å². The van der Waals surface area contributed by atoms with E-state index in [2.05, 4.69) is 5.32 Å². The number of carbonyl (C=O) groups excluding carboxylic acids is 1. The molecule has 19 heavy (non-hydrogen) atoms. The monoisotopic (exact) mass is 260 g/mol. The molecule has 6 heteroatoms. The summed E-state index contributed by atoms with van der Waals surface area (Å²) in [5.41, 5.74) is 1.10. The highest BCUT2D eigenvalue weighted by atomic mass is 16.4. The van der Waals surface area contributed by atoms with E-state index >= 15 is 0 Å². The van der Waals surface area contributed by atoms with Crippen LogP contribution in [-0.4, -0.2) is 34.7 Å². The molecule has 0 saturated carbocycles. The molecule has 0 bridgehead atoms. The maximum atomic E-state index is 11.4. The fourth-order valence-electron chi connectivity index (χ4n) is 1.29. The molecule has 98 valence electrons. The fourth-order valence-corrected chi connectivity index (χ4v) is 1.29. The number of carbonyl (C=O) groups is 2. The van der Waals surface area contributed by atoms with Crippen molar-refractivity contribution in [3.8, 4) is 6.07 Å². The van der Waals surface area contributed by atoms with Crippen LogP contribution in [0, 0.1) is 11.3 Å². The highest BCUT2D eigenvalue weighted by Gasteiger charge is 2.16. The number of carboxylic acids is 1. The number of nitriles is 1. The molecule has 1 rings (SSSR count). The summed E-state index contributed by atoms with van der Waals surface area (Å²) in [4.78, 5) is 22.0. The number of carboxylic acid groups (broad SMARTS) is 1. The summed E-state index contributed by atoms with van der Waals surface area (Å²) in [5, 5.41) is 28.2. The second kappa shape index (κ2) is 6.93. The number of aliphatic hydroxyl groups is 1. The van der Waals surface area contributed by atoms with E-state index in [-0.39, 0.29) is 0 Å². The molecule has 0 heterocycles. The van der Waals surface area contributed by atoms with Crippen LogP contribution in [0.1, 0.15) is 11.1 Å². The van der Waals surface area contributed by atoms with Crippen molar-refractivity contribution in [3.63, 3.8) is 0 Å². The van der Waals surface area contributed by atoms with Gasteiger partial charge in [0.2, 0.25) is 5.91 Å². The second-order valence-corrected chi connectivity index (χ2v) is 3.65. The average Bonchev–Trinajstić information content (AvgIpc) is 2.42. The van der Waals surface area contributed by atoms with Crippen molar-refractivity contribution in [1.29, 1.82) is 5.26 Å². The normalized spacial score (nSPS) is 11.8. The lowest BCUT2D eigenvalue weighted by Crippen LogP contribution is -2.42. The number of hydrogen-bond donors (Lipinski definition) is 3. The quantitative estimate of drug-likeness (QED) is 0.652. The number of rotatable bonds is 5. The van der Waals surface area contributed by atoms with Gasteiger partial charge < -0.3 is 15.5 Å². The standard InChI is InChI=1S/C13H12N2O4/c14-7-10-3-1-2-9(6-10)4-5-12(17)15-11(8-16)13(18)19/h1-6,11,16H,8H2,(H,15,17)(H,18,19)/b5-4+/t11-/m0/s1. The van der Waals surface area contributed by atoms with E-state index in [0.29, 0.717) is 11.1 Å². The Kier molecular flexibility index (Phi) is 5.26. The lowest BCUT2D eigenvalue weighted by molar-refractivity contribution is -0.142. The Hall–Kier alpha value is -2.65. The van der Waals surface area contributed by atoms with E-state index in [0.717, 1.165) is 6.08 Å². The third kappa shape index (κ3) is 4.61. The van der Waals surface area contributed by atoms with Crippen molar-refractivity contribution in [1.82, 2.24) is 5.32 Å². The summed E-state index contributed by atoms with van der Waals surface area (Å²) in [6, 6.07) is 7.22. The Labute approximate surface area is 109 Å². The number of benzene rings is 1. The van der Waals surface area contributed by atoms with Crippen LogP contribution in [0.4, 0.5) is 0 Å². The van der Waals surface area contributed by atoms with Crippen molar-refractivity contribution in [2.45, 2.75) is 6.04 Å². The molecule has 6 nitrogen and oxygen atoms in total. The third-order valence-electron chi connectivity index (χ3n) is 2.24. The molecule has 0 aromatic heterocycles. The van der Waals surface area contributed by atoms with Crippen molar-refractivity contribution in [3.05, 3.63) is 41.5 Å². The van der Waals surface area contributed by atoms with Crippen molar-refractivity contribution in [2.75, 3.05) is 6.61 Å². The minimum Gasteiger partial charge on any atom is -0.480 e. The van der Waals surface area contributed by atoms with E-state index in [4.69, 9.17) is 15.5 Å². The van der Waals surface area contributed by atoms with Crippen LogP contribution < -0.4 is 5.32 Å². The lowest BCUT2D eigenvalue weighted by Gasteiger charge is -2.09. The van der Waals surface area contributed by atoms with E-state index in [1.54, 1.807) is 24.3 Å². The van der Waals surface area contributed by atoms with Gasteiger partial charge in [-0.05, 0) is 23.8 Å². The van der Waals surface area contributed by atoms with Gasteiger partial charge in [0.05, 0.1) is 18.2 Å². The van der Waals surface area contributed by atoms with E-state index < -0.39 is 24.5 Å². The number of nitrogens with one attached hydrogen (secondary N) is 1. The first-order valence-electron chi connectivity index (χ1n) is 5.39. The largest absolute Gasteiger partial charge is 0.480 e. The molecule has 0 fully saturated rings. The topological polar surface area (TPSA) is 110 Å². The molecule has 0 aliphatic heterocycles. The molecular weight excluding hydrogens is 248 g/mol. The average molecular weight is 260 g/mol. The summed E-state index contributed by atoms with van der Waals surface area (Å²) in [6.07, 6.45) is 2.59. The minimum absolute atomic E-state index is 0.460. The molecule has 0 radical (unpaired) electrons. The smallest absolute Gasteiger partial charge is 0.328 e. The van der Waals surface area contributed by atoms with Crippen LogP contribution in [0.2, 0.25) is 0 Å². The highest BCUT2D eigenvalue weighted by molar-refractivity contribution is 5.94. The zero-order valence-corrected chi connectivity index (χ0v) is 9.91.